The normalized spacial score (nSPS) is 16.3. The monoisotopic (exact) mass is 372 g/mol. The van der Waals surface area contributed by atoms with Crippen molar-refractivity contribution in [2.75, 3.05) is 7.11 Å². The zero-order valence-corrected chi connectivity index (χ0v) is 15.0. The Bertz CT molecular complexity index is 979. The number of carbonyl (C=O) groups is 1. The van der Waals surface area contributed by atoms with Crippen molar-refractivity contribution in [1.29, 1.82) is 0 Å². The van der Waals surface area contributed by atoms with Crippen molar-refractivity contribution in [1.82, 2.24) is 10.3 Å². The highest BCUT2D eigenvalue weighted by molar-refractivity contribution is 6.33. The lowest BCUT2D eigenvalue weighted by Gasteiger charge is -2.24. The Kier molecular flexibility index (Phi) is 4.32. The summed E-state index contributed by atoms with van der Waals surface area (Å²) in [5.41, 5.74) is 3.32. The molecule has 1 unspecified atom stereocenters. The Morgan fingerprint density at radius 2 is 2.19 bits per heavy atom. The summed E-state index contributed by atoms with van der Waals surface area (Å²) < 4.78 is 19.3. The van der Waals surface area contributed by atoms with Crippen LogP contribution in [0.3, 0.4) is 0 Å². The standard InChI is InChI=1S/C20H18ClFN2O2/c1-26-12-6-8-18-14(10-12)13-9-11(5-7-17(13)24-18)23-20(25)19-15(21)3-2-4-16(19)22/h2-4,6,8,10-11,24H,5,7,9H2,1H3,(H,23,25). The van der Waals surface area contributed by atoms with E-state index in [1.165, 1.54) is 29.5 Å². The molecule has 0 saturated carbocycles. The van der Waals surface area contributed by atoms with Crippen LogP contribution in [-0.2, 0) is 12.8 Å². The molecule has 1 aliphatic carbocycles. The van der Waals surface area contributed by atoms with Crippen molar-refractivity contribution in [3.05, 3.63) is 64.1 Å². The SMILES string of the molecule is COc1ccc2[nH]c3c(c2c1)CC(NC(=O)c1c(F)cccc1Cl)CC3. The molecule has 0 aliphatic heterocycles. The van der Waals surface area contributed by atoms with E-state index < -0.39 is 11.7 Å². The third kappa shape index (κ3) is 2.92. The lowest BCUT2D eigenvalue weighted by atomic mass is 9.91. The summed E-state index contributed by atoms with van der Waals surface area (Å²) in [5.74, 6) is -0.286. The summed E-state index contributed by atoms with van der Waals surface area (Å²) in [6.07, 6.45) is 2.29. The highest BCUT2D eigenvalue weighted by atomic mass is 35.5. The second-order valence-corrected chi connectivity index (χ2v) is 6.91. The fourth-order valence-corrected chi connectivity index (χ4v) is 3.87. The first-order valence-electron chi connectivity index (χ1n) is 8.49. The summed E-state index contributed by atoms with van der Waals surface area (Å²) in [7, 11) is 1.64. The average Bonchev–Trinajstić information content (AvgIpc) is 2.98. The molecule has 1 atom stereocenters. The molecular weight excluding hydrogens is 355 g/mol. The van der Waals surface area contributed by atoms with Crippen LogP contribution in [0, 0.1) is 5.82 Å². The van der Waals surface area contributed by atoms with E-state index in [0.717, 1.165) is 29.5 Å². The van der Waals surface area contributed by atoms with Crippen LogP contribution in [0.1, 0.15) is 28.0 Å². The van der Waals surface area contributed by atoms with E-state index in [9.17, 15) is 9.18 Å². The number of halogens is 2. The number of fused-ring (bicyclic) bond motifs is 3. The number of methoxy groups -OCH3 is 1. The number of amides is 1. The molecule has 0 bridgehead atoms. The lowest BCUT2D eigenvalue weighted by Crippen LogP contribution is -2.39. The molecule has 0 radical (unpaired) electrons. The van der Waals surface area contributed by atoms with Crippen molar-refractivity contribution in [2.45, 2.75) is 25.3 Å². The van der Waals surface area contributed by atoms with Crippen molar-refractivity contribution >= 4 is 28.4 Å². The van der Waals surface area contributed by atoms with Gasteiger partial charge in [-0.1, -0.05) is 17.7 Å². The first-order chi connectivity index (χ1) is 12.6. The Hall–Kier alpha value is -2.53. The van der Waals surface area contributed by atoms with E-state index in [2.05, 4.69) is 10.3 Å². The van der Waals surface area contributed by atoms with Gasteiger partial charge in [-0.2, -0.15) is 0 Å². The van der Waals surface area contributed by atoms with Gasteiger partial charge in [0.25, 0.3) is 5.91 Å². The molecule has 1 amide bonds. The van der Waals surface area contributed by atoms with Gasteiger partial charge in [0.15, 0.2) is 0 Å². The number of aromatic amines is 1. The van der Waals surface area contributed by atoms with Crippen molar-refractivity contribution in [3.63, 3.8) is 0 Å². The van der Waals surface area contributed by atoms with Gasteiger partial charge < -0.3 is 15.0 Å². The molecule has 0 fully saturated rings. The van der Waals surface area contributed by atoms with Crippen LogP contribution in [0.25, 0.3) is 10.9 Å². The van der Waals surface area contributed by atoms with Crippen LogP contribution in [0.4, 0.5) is 4.39 Å². The van der Waals surface area contributed by atoms with E-state index in [4.69, 9.17) is 16.3 Å². The zero-order valence-electron chi connectivity index (χ0n) is 14.2. The molecule has 0 spiro atoms. The Morgan fingerprint density at radius 1 is 1.35 bits per heavy atom. The van der Waals surface area contributed by atoms with Gasteiger partial charge in [0.1, 0.15) is 11.6 Å². The Balaban J connectivity index is 1.59. The van der Waals surface area contributed by atoms with Gasteiger partial charge in [0.2, 0.25) is 0 Å². The van der Waals surface area contributed by atoms with Crippen LogP contribution < -0.4 is 10.1 Å². The number of aromatic nitrogens is 1. The lowest BCUT2D eigenvalue weighted by molar-refractivity contribution is 0.0929. The van der Waals surface area contributed by atoms with Crippen molar-refractivity contribution in [3.8, 4) is 5.75 Å². The zero-order chi connectivity index (χ0) is 18.3. The number of hydrogen-bond donors (Lipinski definition) is 2. The number of benzene rings is 2. The molecule has 6 heteroatoms. The number of carbonyl (C=O) groups excluding carboxylic acids is 1. The summed E-state index contributed by atoms with van der Waals surface area (Å²) >= 11 is 6.00. The molecule has 1 aliphatic rings. The molecule has 26 heavy (non-hydrogen) atoms. The fraction of sp³-hybridized carbons (Fsp3) is 0.250. The molecule has 0 saturated heterocycles. The van der Waals surface area contributed by atoms with Crippen LogP contribution >= 0.6 is 11.6 Å². The van der Waals surface area contributed by atoms with Crippen LogP contribution in [0.15, 0.2) is 36.4 Å². The molecule has 1 aromatic heterocycles. The third-order valence-corrected chi connectivity index (χ3v) is 5.24. The molecule has 4 nitrogen and oxygen atoms in total. The second-order valence-electron chi connectivity index (χ2n) is 6.50. The van der Waals surface area contributed by atoms with E-state index in [1.54, 1.807) is 7.11 Å². The van der Waals surface area contributed by atoms with Gasteiger partial charge in [0.05, 0.1) is 17.7 Å². The van der Waals surface area contributed by atoms with Crippen molar-refractivity contribution < 1.29 is 13.9 Å². The van der Waals surface area contributed by atoms with Crippen LogP contribution in [-0.4, -0.2) is 24.0 Å². The van der Waals surface area contributed by atoms with E-state index in [1.807, 2.05) is 18.2 Å². The predicted octanol–water partition coefficient (Wildman–Crippen LogP) is 4.26. The van der Waals surface area contributed by atoms with Gasteiger partial charge in [-0.15, -0.1) is 0 Å². The average molecular weight is 373 g/mol. The number of hydrogen-bond acceptors (Lipinski definition) is 2. The third-order valence-electron chi connectivity index (χ3n) is 4.92. The fourth-order valence-electron chi connectivity index (χ4n) is 3.62. The minimum absolute atomic E-state index is 0.0733. The molecular formula is C20H18ClFN2O2. The summed E-state index contributed by atoms with van der Waals surface area (Å²) in [4.78, 5) is 15.9. The van der Waals surface area contributed by atoms with Gasteiger partial charge in [0, 0.05) is 22.6 Å². The summed E-state index contributed by atoms with van der Waals surface area (Å²) in [5, 5.41) is 4.15. The maximum Gasteiger partial charge on any atom is 0.256 e. The number of aryl methyl sites for hydroxylation is 1. The first-order valence-corrected chi connectivity index (χ1v) is 8.87. The molecule has 2 aromatic carbocycles. The van der Waals surface area contributed by atoms with Gasteiger partial charge in [-0.25, -0.2) is 4.39 Å². The minimum atomic E-state index is -0.608. The summed E-state index contributed by atoms with van der Waals surface area (Å²) in [6, 6.07) is 10.1. The molecule has 134 valence electrons. The Labute approximate surface area is 155 Å². The maximum absolute atomic E-state index is 14.0. The molecule has 1 heterocycles. The van der Waals surface area contributed by atoms with E-state index in [-0.39, 0.29) is 16.6 Å². The number of ether oxygens (including phenoxy) is 1. The minimum Gasteiger partial charge on any atom is -0.497 e. The summed E-state index contributed by atoms with van der Waals surface area (Å²) in [6.45, 7) is 0. The van der Waals surface area contributed by atoms with Crippen LogP contribution in [0.5, 0.6) is 5.75 Å². The van der Waals surface area contributed by atoms with Crippen molar-refractivity contribution in [2.24, 2.45) is 0 Å². The predicted molar refractivity (Wildman–Crippen MR) is 99.5 cm³/mol. The maximum atomic E-state index is 14.0. The largest absolute Gasteiger partial charge is 0.497 e. The molecule has 3 aromatic rings. The van der Waals surface area contributed by atoms with Crippen LogP contribution in [0.2, 0.25) is 5.02 Å². The Morgan fingerprint density at radius 3 is 2.96 bits per heavy atom. The van der Waals surface area contributed by atoms with E-state index >= 15 is 0 Å². The second kappa shape index (κ2) is 6.65. The number of nitrogens with one attached hydrogen (secondary N) is 2. The highest BCUT2D eigenvalue weighted by Gasteiger charge is 2.25. The molecule has 4 rings (SSSR count). The highest BCUT2D eigenvalue weighted by Crippen LogP contribution is 2.32. The van der Waals surface area contributed by atoms with Gasteiger partial charge in [-0.3, -0.25) is 4.79 Å². The number of rotatable bonds is 3. The molecule has 2 N–H and O–H groups in total. The quantitative estimate of drug-likeness (QED) is 0.722. The topological polar surface area (TPSA) is 54.1 Å². The number of H-pyrrole nitrogens is 1. The van der Waals surface area contributed by atoms with Gasteiger partial charge >= 0.3 is 0 Å². The first kappa shape index (κ1) is 16.9. The van der Waals surface area contributed by atoms with Gasteiger partial charge in [-0.05, 0) is 55.2 Å². The smallest absolute Gasteiger partial charge is 0.256 e. The van der Waals surface area contributed by atoms with E-state index in [0.29, 0.717) is 6.42 Å².